The third kappa shape index (κ3) is 4.14. The van der Waals surface area contributed by atoms with E-state index in [0.717, 1.165) is 13.0 Å². The predicted octanol–water partition coefficient (Wildman–Crippen LogP) is 2.94. The first kappa shape index (κ1) is 14.2. The van der Waals surface area contributed by atoms with Crippen molar-refractivity contribution in [3.8, 4) is 0 Å². The monoisotopic (exact) mass is 235 g/mol. The zero-order valence-corrected chi connectivity index (χ0v) is 11.7. The molecule has 0 saturated carbocycles. The molecule has 1 unspecified atom stereocenters. The molecule has 0 fully saturated rings. The lowest BCUT2D eigenvalue weighted by Gasteiger charge is -2.34. The molecular formula is C15H25NO. The lowest BCUT2D eigenvalue weighted by molar-refractivity contribution is -0.0363. The molecule has 17 heavy (non-hydrogen) atoms. The number of aryl methyl sites for hydroxylation is 1. The number of rotatable bonds is 6. The van der Waals surface area contributed by atoms with Crippen molar-refractivity contribution in [3.05, 3.63) is 35.4 Å². The molecule has 0 amide bonds. The average Bonchev–Trinajstić information content (AvgIpc) is 2.28. The van der Waals surface area contributed by atoms with Crippen LogP contribution in [0.25, 0.3) is 0 Å². The van der Waals surface area contributed by atoms with Crippen molar-refractivity contribution in [1.82, 2.24) is 5.32 Å². The highest BCUT2D eigenvalue weighted by atomic mass is 16.5. The van der Waals surface area contributed by atoms with E-state index in [-0.39, 0.29) is 5.60 Å². The summed E-state index contributed by atoms with van der Waals surface area (Å²) in [5.74, 6) is 0. The lowest BCUT2D eigenvalue weighted by atomic mass is 9.92. The third-order valence-corrected chi connectivity index (χ3v) is 3.26. The van der Waals surface area contributed by atoms with Crippen LogP contribution in [0.4, 0.5) is 0 Å². The van der Waals surface area contributed by atoms with Crippen LogP contribution in [-0.2, 0) is 11.2 Å². The van der Waals surface area contributed by atoms with Gasteiger partial charge >= 0.3 is 0 Å². The highest BCUT2D eigenvalue weighted by molar-refractivity contribution is 5.22. The summed E-state index contributed by atoms with van der Waals surface area (Å²) in [5, 5.41) is 3.37. The fourth-order valence-electron chi connectivity index (χ4n) is 2.13. The minimum atomic E-state index is -0.144. The van der Waals surface area contributed by atoms with Gasteiger partial charge in [0.2, 0.25) is 0 Å². The summed E-state index contributed by atoms with van der Waals surface area (Å²) in [4.78, 5) is 0. The summed E-state index contributed by atoms with van der Waals surface area (Å²) in [6.07, 6.45) is 0.990. The molecule has 0 saturated heterocycles. The molecule has 1 aromatic carbocycles. The van der Waals surface area contributed by atoms with Crippen molar-refractivity contribution in [1.29, 1.82) is 0 Å². The standard InChI is InChI=1S/C15H25NO/c1-6-17-15(3,4)14(16-5)11-13-9-7-12(2)8-10-13/h7-10,14,16H,6,11H2,1-5H3. The topological polar surface area (TPSA) is 21.3 Å². The van der Waals surface area contributed by atoms with Crippen LogP contribution in [-0.4, -0.2) is 25.3 Å². The van der Waals surface area contributed by atoms with Crippen LogP contribution in [0, 0.1) is 6.92 Å². The van der Waals surface area contributed by atoms with E-state index in [4.69, 9.17) is 4.74 Å². The summed E-state index contributed by atoms with van der Waals surface area (Å²) in [6.45, 7) is 9.20. The van der Waals surface area contributed by atoms with Gasteiger partial charge in [0.05, 0.1) is 5.60 Å². The van der Waals surface area contributed by atoms with E-state index in [9.17, 15) is 0 Å². The van der Waals surface area contributed by atoms with Crippen molar-refractivity contribution in [2.75, 3.05) is 13.7 Å². The zero-order chi connectivity index (χ0) is 12.9. The normalized spacial score (nSPS) is 13.7. The maximum Gasteiger partial charge on any atom is 0.0781 e. The summed E-state index contributed by atoms with van der Waals surface area (Å²) in [6, 6.07) is 9.04. The van der Waals surface area contributed by atoms with Crippen LogP contribution in [0.15, 0.2) is 24.3 Å². The summed E-state index contributed by atoms with van der Waals surface area (Å²) in [7, 11) is 2.00. The van der Waals surface area contributed by atoms with E-state index in [1.165, 1.54) is 11.1 Å². The van der Waals surface area contributed by atoms with Gasteiger partial charge in [-0.1, -0.05) is 29.8 Å². The van der Waals surface area contributed by atoms with Crippen LogP contribution in [0.3, 0.4) is 0 Å². The Bertz CT molecular complexity index is 329. The van der Waals surface area contributed by atoms with E-state index in [1.807, 2.05) is 14.0 Å². The number of hydrogen-bond donors (Lipinski definition) is 1. The van der Waals surface area contributed by atoms with Crippen molar-refractivity contribution in [2.45, 2.75) is 45.8 Å². The lowest BCUT2D eigenvalue weighted by Crippen LogP contribution is -2.48. The largest absolute Gasteiger partial charge is 0.374 e. The van der Waals surface area contributed by atoms with Gasteiger partial charge in [-0.15, -0.1) is 0 Å². The van der Waals surface area contributed by atoms with Crippen molar-refractivity contribution in [3.63, 3.8) is 0 Å². The van der Waals surface area contributed by atoms with Gasteiger partial charge in [-0.25, -0.2) is 0 Å². The van der Waals surface area contributed by atoms with Crippen LogP contribution < -0.4 is 5.32 Å². The SMILES string of the molecule is CCOC(C)(C)C(Cc1ccc(C)cc1)NC. The van der Waals surface area contributed by atoms with Crippen molar-refractivity contribution < 1.29 is 4.74 Å². The zero-order valence-electron chi connectivity index (χ0n) is 11.7. The Balaban J connectivity index is 2.72. The number of hydrogen-bond acceptors (Lipinski definition) is 2. The van der Waals surface area contributed by atoms with Gasteiger partial charge in [-0.05, 0) is 46.7 Å². The van der Waals surface area contributed by atoms with E-state index in [2.05, 4.69) is 50.4 Å². The van der Waals surface area contributed by atoms with Gasteiger partial charge in [0.15, 0.2) is 0 Å². The van der Waals surface area contributed by atoms with Crippen LogP contribution in [0.5, 0.6) is 0 Å². The second-order valence-electron chi connectivity index (χ2n) is 5.07. The maximum atomic E-state index is 5.82. The molecule has 2 nitrogen and oxygen atoms in total. The molecule has 0 aliphatic rings. The number of ether oxygens (including phenoxy) is 1. The second kappa shape index (κ2) is 6.18. The number of benzene rings is 1. The van der Waals surface area contributed by atoms with Gasteiger partial charge in [0.1, 0.15) is 0 Å². The molecule has 2 heteroatoms. The van der Waals surface area contributed by atoms with Gasteiger partial charge < -0.3 is 10.1 Å². The molecule has 1 aromatic rings. The molecule has 1 rings (SSSR count). The van der Waals surface area contributed by atoms with Crippen LogP contribution in [0.1, 0.15) is 31.9 Å². The molecule has 1 atom stereocenters. The molecule has 96 valence electrons. The molecule has 0 aromatic heterocycles. The Morgan fingerprint density at radius 3 is 2.29 bits per heavy atom. The van der Waals surface area contributed by atoms with Crippen LogP contribution >= 0.6 is 0 Å². The Morgan fingerprint density at radius 2 is 1.82 bits per heavy atom. The smallest absolute Gasteiger partial charge is 0.0781 e. The molecule has 0 spiro atoms. The summed E-state index contributed by atoms with van der Waals surface area (Å²) < 4.78 is 5.82. The fraction of sp³-hybridized carbons (Fsp3) is 0.600. The maximum absolute atomic E-state index is 5.82. The third-order valence-electron chi connectivity index (χ3n) is 3.26. The van der Waals surface area contributed by atoms with Gasteiger partial charge in [0.25, 0.3) is 0 Å². The van der Waals surface area contributed by atoms with E-state index in [1.54, 1.807) is 0 Å². The number of likely N-dealkylation sites (N-methyl/N-ethyl adjacent to an activating group) is 1. The molecule has 0 aliphatic carbocycles. The molecule has 0 heterocycles. The highest BCUT2D eigenvalue weighted by Crippen LogP contribution is 2.19. The minimum absolute atomic E-state index is 0.144. The Hall–Kier alpha value is -0.860. The molecule has 0 bridgehead atoms. The molecule has 0 radical (unpaired) electrons. The highest BCUT2D eigenvalue weighted by Gasteiger charge is 2.28. The minimum Gasteiger partial charge on any atom is -0.374 e. The summed E-state index contributed by atoms with van der Waals surface area (Å²) >= 11 is 0. The van der Waals surface area contributed by atoms with Crippen molar-refractivity contribution in [2.24, 2.45) is 0 Å². The van der Waals surface area contributed by atoms with E-state index < -0.39 is 0 Å². The van der Waals surface area contributed by atoms with E-state index >= 15 is 0 Å². The summed E-state index contributed by atoms with van der Waals surface area (Å²) in [5.41, 5.74) is 2.51. The Kier molecular flexibility index (Phi) is 5.16. The van der Waals surface area contributed by atoms with Crippen molar-refractivity contribution >= 4 is 0 Å². The first-order valence-corrected chi connectivity index (χ1v) is 6.36. The first-order valence-electron chi connectivity index (χ1n) is 6.36. The fourth-order valence-corrected chi connectivity index (χ4v) is 2.13. The van der Waals surface area contributed by atoms with Gasteiger partial charge in [0, 0.05) is 12.6 Å². The Morgan fingerprint density at radius 1 is 1.24 bits per heavy atom. The molecule has 1 N–H and O–H groups in total. The Labute approximate surface area is 105 Å². The molecular weight excluding hydrogens is 210 g/mol. The van der Waals surface area contributed by atoms with E-state index in [0.29, 0.717) is 6.04 Å². The number of nitrogens with one attached hydrogen (secondary N) is 1. The average molecular weight is 235 g/mol. The quantitative estimate of drug-likeness (QED) is 0.818. The first-order chi connectivity index (χ1) is 7.99. The van der Waals surface area contributed by atoms with Crippen LogP contribution in [0.2, 0.25) is 0 Å². The van der Waals surface area contributed by atoms with Gasteiger partial charge in [-0.2, -0.15) is 0 Å². The van der Waals surface area contributed by atoms with Gasteiger partial charge in [-0.3, -0.25) is 0 Å². The second-order valence-corrected chi connectivity index (χ2v) is 5.07. The molecule has 0 aliphatic heterocycles. The predicted molar refractivity (Wildman–Crippen MR) is 73.4 cm³/mol.